The molecule has 6 heteroatoms. The number of ether oxygens (including phenoxy) is 3. The van der Waals surface area contributed by atoms with Gasteiger partial charge in [-0.2, -0.15) is 0 Å². The fourth-order valence-corrected chi connectivity index (χ4v) is 2.60. The van der Waals surface area contributed by atoms with Crippen molar-refractivity contribution in [3.05, 3.63) is 84.5 Å². The van der Waals surface area contributed by atoms with Gasteiger partial charge in [-0.1, -0.05) is 37.4 Å². The Morgan fingerprint density at radius 1 is 0.939 bits per heavy atom. The Bertz CT molecular complexity index is 1120. The van der Waals surface area contributed by atoms with Crippen molar-refractivity contribution in [2.75, 3.05) is 6.61 Å². The highest BCUT2D eigenvalue weighted by atomic mass is 16.5. The Kier molecular flexibility index (Phi) is 9.12. The van der Waals surface area contributed by atoms with E-state index in [0.29, 0.717) is 41.1 Å². The highest BCUT2D eigenvalue weighted by Crippen LogP contribution is 2.38. The van der Waals surface area contributed by atoms with E-state index >= 15 is 0 Å². The van der Waals surface area contributed by atoms with E-state index in [1.807, 2.05) is 19.1 Å². The first kappa shape index (κ1) is 25.1. The minimum absolute atomic E-state index is 0.237. The average Bonchev–Trinajstić information content (AvgIpc) is 2.79. The first-order valence-electron chi connectivity index (χ1n) is 10.2. The van der Waals surface area contributed by atoms with Crippen molar-refractivity contribution in [1.29, 1.82) is 0 Å². The van der Waals surface area contributed by atoms with E-state index in [-0.39, 0.29) is 16.9 Å². The van der Waals surface area contributed by atoms with E-state index < -0.39 is 11.9 Å². The molecule has 2 aromatic carbocycles. The summed E-state index contributed by atoms with van der Waals surface area (Å²) in [4.78, 5) is 34.9. The van der Waals surface area contributed by atoms with E-state index in [2.05, 4.69) is 13.2 Å². The molecule has 33 heavy (non-hydrogen) atoms. The van der Waals surface area contributed by atoms with Crippen LogP contribution in [0.3, 0.4) is 0 Å². The lowest BCUT2D eigenvalue weighted by atomic mass is 10.0. The topological polar surface area (TPSA) is 78.9 Å². The SMILES string of the molecule is C=C(C)C(=O)Oc1ccc(-c2cc(OC/C=C/C)c(/C=C/C=O)cc2OC(=O)C(=C)C)cc1. The van der Waals surface area contributed by atoms with Gasteiger partial charge in [-0.05, 0) is 62.8 Å². The molecule has 0 aromatic heterocycles. The molecule has 0 amide bonds. The summed E-state index contributed by atoms with van der Waals surface area (Å²) in [6.07, 6.45) is 7.24. The van der Waals surface area contributed by atoms with Gasteiger partial charge < -0.3 is 14.2 Å². The van der Waals surface area contributed by atoms with Gasteiger partial charge in [-0.25, -0.2) is 9.59 Å². The third kappa shape index (κ3) is 7.18. The van der Waals surface area contributed by atoms with Crippen molar-refractivity contribution in [2.24, 2.45) is 0 Å². The fourth-order valence-electron chi connectivity index (χ4n) is 2.60. The Balaban J connectivity index is 2.57. The molecule has 0 atom stereocenters. The largest absolute Gasteiger partial charge is 0.489 e. The molecule has 0 unspecified atom stereocenters. The van der Waals surface area contributed by atoms with Crippen LogP contribution in [0.4, 0.5) is 0 Å². The van der Waals surface area contributed by atoms with E-state index in [1.54, 1.807) is 56.3 Å². The molecule has 0 saturated heterocycles. The molecule has 2 rings (SSSR count). The van der Waals surface area contributed by atoms with Crippen LogP contribution < -0.4 is 14.2 Å². The Morgan fingerprint density at radius 2 is 1.58 bits per heavy atom. The van der Waals surface area contributed by atoms with Crippen LogP contribution in [0.5, 0.6) is 17.2 Å². The first-order chi connectivity index (χ1) is 15.8. The van der Waals surface area contributed by atoms with Gasteiger partial charge in [0.15, 0.2) is 0 Å². The van der Waals surface area contributed by atoms with Gasteiger partial charge >= 0.3 is 11.9 Å². The number of allylic oxidation sites excluding steroid dienone is 2. The van der Waals surface area contributed by atoms with Gasteiger partial charge in [0.25, 0.3) is 0 Å². The molecule has 2 aromatic rings. The minimum atomic E-state index is -0.587. The first-order valence-corrected chi connectivity index (χ1v) is 10.2. The van der Waals surface area contributed by atoms with Crippen LogP contribution in [-0.4, -0.2) is 24.8 Å². The predicted molar refractivity (Wildman–Crippen MR) is 128 cm³/mol. The maximum absolute atomic E-state index is 12.3. The lowest BCUT2D eigenvalue weighted by Crippen LogP contribution is -2.10. The summed E-state index contributed by atoms with van der Waals surface area (Å²) in [6.45, 7) is 12.5. The summed E-state index contributed by atoms with van der Waals surface area (Å²) in [5, 5.41) is 0. The van der Waals surface area contributed by atoms with Crippen LogP contribution in [0, 0.1) is 0 Å². The third-order valence-electron chi connectivity index (χ3n) is 4.31. The Labute approximate surface area is 193 Å². The summed E-state index contributed by atoms with van der Waals surface area (Å²) >= 11 is 0. The van der Waals surface area contributed by atoms with Crippen LogP contribution in [-0.2, 0) is 14.4 Å². The lowest BCUT2D eigenvalue weighted by Gasteiger charge is -2.16. The summed E-state index contributed by atoms with van der Waals surface area (Å²) in [7, 11) is 0. The van der Waals surface area contributed by atoms with Crippen LogP contribution >= 0.6 is 0 Å². The second kappa shape index (κ2) is 12.0. The van der Waals surface area contributed by atoms with Crippen LogP contribution in [0.2, 0.25) is 0 Å². The summed E-state index contributed by atoms with van der Waals surface area (Å²) in [6, 6.07) is 10.1. The number of esters is 2. The van der Waals surface area contributed by atoms with Crippen molar-refractivity contribution < 1.29 is 28.6 Å². The Morgan fingerprint density at radius 3 is 2.15 bits per heavy atom. The maximum Gasteiger partial charge on any atom is 0.338 e. The molecule has 0 N–H and O–H groups in total. The second-order valence-corrected chi connectivity index (χ2v) is 7.13. The van der Waals surface area contributed by atoms with E-state index in [9.17, 15) is 14.4 Å². The van der Waals surface area contributed by atoms with Crippen LogP contribution in [0.1, 0.15) is 26.3 Å². The number of benzene rings is 2. The van der Waals surface area contributed by atoms with Crippen LogP contribution in [0.15, 0.2) is 78.9 Å². The second-order valence-electron chi connectivity index (χ2n) is 7.13. The standard InChI is InChI=1S/C27H26O6/c1-6-7-15-31-24-17-23(20-10-12-22(13-11-20)32-26(29)18(2)3)25(33-27(30)19(4)5)16-21(24)9-8-14-28/h6-14,16-17H,2,4,15H2,1,3,5H3/b7-6+,9-8+. The molecule has 0 bridgehead atoms. The van der Waals surface area contributed by atoms with Crippen molar-refractivity contribution in [2.45, 2.75) is 20.8 Å². The summed E-state index contributed by atoms with van der Waals surface area (Å²) in [5.41, 5.74) is 2.35. The minimum Gasteiger partial charge on any atom is -0.489 e. The quantitative estimate of drug-likeness (QED) is 0.158. The smallest absolute Gasteiger partial charge is 0.338 e. The average molecular weight is 446 g/mol. The maximum atomic E-state index is 12.3. The molecule has 0 aliphatic heterocycles. The normalized spacial score (nSPS) is 10.8. The molecular weight excluding hydrogens is 420 g/mol. The van der Waals surface area contributed by atoms with Gasteiger partial charge in [0.1, 0.15) is 30.1 Å². The monoisotopic (exact) mass is 446 g/mol. The number of carbonyl (C=O) groups excluding carboxylic acids is 3. The number of rotatable bonds is 10. The molecule has 0 fully saturated rings. The summed E-state index contributed by atoms with van der Waals surface area (Å²) < 4.78 is 16.7. The fraction of sp³-hybridized carbons (Fsp3) is 0.148. The number of hydrogen-bond donors (Lipinski definition) is 0. The van der Waals surface area contributed by atoms with Crippen molar-refractivity contribution in [1.82, 2.24) is 0 Å². The number of aldehydes is 1. The molecule has 0 aliphatic carbocycles. The van der Waals surface area contributed by atoms with E-state index in [4.69, 9.17) is 14.2 Å². The van der Waals surface area contributed by atoms with Gasteiger partial charge in [-0.3, -0.25) is 4.79 Å². The van der Waals surface area contributed by atoms with Crippen molar-refractivity contribution >= 4 is 24.3 Å². The highest BCUT2D eigenvalue weighted by Gasteiger charge is 2.17. The zero-order chi connectivity index (χ0) is 24.4. The molecule has 6 nitrogen and oxygen atoms in total. The summed E-state index contributed by atoms with van der Waals surface area (Å²) in [5.74, 6) is -0.00369. The number of hydrogen-bond acceptors (Lipinski definition) is 6. The number of carbonyl (C=O) groups is 3. The van der Waals surface area contributed by atoms with Crippen molar-refractivity contribution in [3.63, 3.8) is 0 Å². The zero-order valence-electron chi connectivity index (χ0n) is 18.9. The highest BCUT2D eigenvalue weighted by molar-refractivity contribution is 5.91. The van der Waals surface area contributed by atoms with Gasteiger partial charge in [0.05, 0.1) is 0 Å². The molecule has 0 spiro atoms. The van der Waals surface area contributed by atoms with Gasteiger partial charge in [0.2, 0.25) is 0 Å². The zero-order valence-corrected chi connectivity index (χ0v) is 18.9. The molecule has 0 radical (unpaired) electrons. The molecular formula is C27H26O6. The molecule has 0 saturated carbocycles. The lowest BCUT2D eigenvalue weighted by molar-refractivity contribution is -0.130. The van der Waals surface area contributed by atoms with E-state index in [0.717, 1.165) is 0 Å². The molecule has 0 heterocycles. The third-order valence-corrected chi connectivity index (χ3v) is 4.31. The van der Waals surface area contributed by atoms with Crippen molar-refractivity contribution in [3.8, 4) is 28.4 Å². The molecule has 0 aliphatic rings. The predicted octanol–water partition coefficient (Wildman–Crippen LogP) is 5.48. The van der Waals surface area contributed by atoms with Crippen LogP contribution in [0.25, 0.3) is 17.2 Å². The van der Waals surface area contributed by atoms with Gasteiger partial charge in [-0.15, -0.1) is 0 Å². The van der Waals surface area contributed by atoms with Gasteiger partial charge in [0, 0.05) is 22.3 Å². The Hall–Kier alpha value is -4.19. The van der Waals surface area contributed by atoms with E-state index in [1.165, 1.54) is 6.08 Å². The molecule has 170 valence electrons.